The van der Waals surface area contributed by atoms with E-state index in [4.69, 9.17) is 10.5 Å². The highest BCUT2D eigenvalue weighted by Crippen LogP contribution is 2.18. The SMILES string of the molecule is CCOC(=O)C1CSCCN1CC(=O)c1c(N)n(C)c(=O)n(C)c1=O. The number of anilines is 1. The number of nitrogens with two attached hydrogens (primary N) is 1. The Morgan fingerprint density at radius 2 is 1.96 bits per heavy atom. The van der Waals surface area contributed by atoms with Gasteiger partial charge in [0.15, 0.2) is 5.78 Å². The highest BCUT2D eigenvalue weighted by Gasteiger charge is 2.33. The van der Waals surface area contributed by atoms with E-state index in [1.807, 2.05) is 0 Å². The molecule has 138 valence electrons. The van der Waals surface area contributed by atoms with Gasteiger partial charge in [0.25, 0.3) is 5.56 Å². The van der Waals surface area contributed by atoms with Crippen molar-refractivity contribution in [3.05, 3.63) is 26.4 Å². The molecule has 10 heteroatoms. The van der Waals surface area contributed by atoms with E-state index < -0.39 is 23.1 Å². The van der Waals surface area contributed by atoms with Crippen molar-refractivity contribution in [2.24, 2.45) is 14.1 Å². The molecular formula is C15H22N4O5S. The molecule has 1 aliphatic heterocycles. The van der Waals surface area contributed by atoms with Gasteiger partial charge in [0.1, 0.15) is 17.4 Å². The first-order chi connectivity index (χ1) is 11.8. The first-order valence-corrected chi connectivity index (χ1v) is 9.02. The van der Waals surface area contributed by atoms with Gasteiger partial charge in [-0.25, -0.2) is 4.79 Å². The lowest BCUT2D eigenvalue weighted by molar-refractivity contribution is -0.148. The molecule has 1 aromatic rings. The molecule has 0 radical (unpaired) electrons. The Bertz CT molecular complexity index is 800. The standard InChI is InChI=1S/C15H22N4O5S/c1-4-24-14(22)9-8-25-6-5-19(9)7-10(20)11-12(16)17(2)15(23)18(3)13(11)21/h9H,4-8,16H2,1-3H3. The van der Waals surface area contributed by atoms with Crippen molar-refractivity contribution < 1.29 is 14.3 Å². The molecule has 0 bridgehead atoms. The van der Waals surface area contributed by atoms with E-state index in [2.05, 4.69) is 0 Å². The zero-order chi connectivity index (χ0) is 18.7. The predicted octanol–water partition coefficient (Wildman–Crippen LogP) is -1.17. The van der Waals surface area contributed by atoms with Gasteiger partial charge in [-0.05, 0) is 6.92 Å². The Morgan fingerprint density at radius 1 is 1.28 bits per heavy atom. The predicted molar refractivity (Wildman–Crippen MR) is 95.0 cm³/mol. The molecule has 0 saturated carbocycles. The number of thioether (sulfide) groups is 1. The number of esters is 1. The number of aromatic nitrogens is 2. The molecule has 0 amide bonds. The molecule has 1 unspecified atom stereocenters. The average molecular weight is 370 g/mol. The molecule has 25 heavy (non-hydrogen) atoms. The van der Waals surface area contributed by atoms with E-state index >= 15 is 0 Å². The van der Waals surface area contributed by atoms with E-state index in [-0.39, 0.29) is 30.5 Å². The van der Waals surface area contributed by atoms with Crippen LogP contribution in [0.1, 0.15) is 17.3 Å². The third kappa shape index (κ3) is 3.79. The zero-order valence-corrected chi connectivity index (χ0v) is 15.3. The summed E-state index contributed by atoms with van der Waals surface area (Å²) in [5, 5.41) is 0. The summed E-state index contributed by atoms with van der Waals surface area (Å²) in [6, 6.07) is -0.541. The number of carbonyl (C=O) groups is 2. The molecule has 0 aromatic carbocycles. The highest BCUT2D eigenvalue weighted by molar-refractivity contribution is 7.99. The van der Waals surface area contributed by atoms with Gasteiger partial charge in [0.2, 0.25) is 0 Å². The lowest BCUT2D eigenvalue weighted by atomic mass is 10.1. The van der Waals surface area contributed by atoms with E-state index in [1.54, 1.807) is 23.6 Å². The molecule has 1 aliphatic rings. The Hall–Kier alpha value is -2.07. The van der Waals surface area contributed by atoms with Crippen LogP contribution >= 0.6 is 11.8 Å². The molecule has 1 atom stereocenters. The third-order valence-electron chi connectivity index (χ3n) is 4.13. The smallest absolute Gasteiger partial charge is 0.332 e. The summed E-state index contributed by atoms with van der Waals surface area (Å²) < 4.78 is 6.96. The quantitative estimate of drug-likeness (QED) is 0.509. The van der Waals surface area contributed by atoms with Crippen LogP contribution in [0, 0.1) is 0 Å². The van der Waals surface area contributed by atoms with Crippen LogP contribution in [0.25, 0.3) is 0 Å². The van der Waals surface area contributed by atoms with Crippen molar-refractivity contribution in [2.75, 3.05) is 36.9 Å². The molecule has 1 aromatic heterocycles. The minimum Gasteiger partial charge on any atom is -0.465 e. The Morgan fingerprint density at radius 3 is 2.60 bits per heavy atom. The maximum absolute atomic E-state index is 12.7. The molecule has 2 rings (SSSR count). The second kappa shape index (κ2) is 7.87. The molecular weight excluding hydrogens is 348 g/mol. The van der Waals surface area contributed by atoms with Gasteiger partial charge < -0.3 is 10.5 Å². The number of Topliss-reactive ketones (excluding diaryl/α,β-unsaturated/α-hetero) is 1. The van der Waals surface area contributed by atoms with E-state index in [1.165, 1.54) is 14.1 Å². The second-order valence-corrected chi connectivity index (χ2v) is 6.85. The number of nitrogen functional groups attached to an aromatic ring is 1. The van der Waals surface area contributed by atoms with Crippen molar-refractivity contribution in [1.82, 2.24) is 14.0 Å². The van der Waals surface area contributed by atoms with Gasteiger partial charge in [-0.1, -0.05) is 0 Å². The van der Waals surface area contributed by atoms with E-state index in [0.29, 0.717) is 12.3 Å². The number of nitrogens with zero attached hydrogens (tertiary/aromatic N) is 3. The van der Waals surface area contributed by atoms with Crippen molar-refractivity contribution in [2.45, 2.75) is 13.0 Å². The maximum atomic E-state index is 12.7. The number of carbonyl (C=O) groups excluding carboxylic acids is 2. The first kappa shape index (κ1) is 19.3. The molecule has 0 aliphatic carbocycles. The summed E-state index contributed by atoms with van der Waals surface area (Å²) in [6.07, 6.45) is 0. The van der Waals surface area contributed by atoms with Crippen LogP contribution in [0.3, 0.4) is 0 Å². The lowest BCUT2D eigenvalue weighted by Gasteiger charge is -2.33. The molecule has 9 nitrogen and oxygen atoms in total. The van der Waals surface area contributed by atoms with Gasteiger partial charge in [-0.15, -0.1) is 0 Å². The Labute approximate surface area is 148 Å². The first-order valence-electron chi connectivity index (χ1n) is 7.86. The van der Waals surface area contributed by atoms with Crippen molar-refractivity contribution >= 4 is 29.3 Å². The molecule has 1 saturated heterocycles. The minimum atomic E-state index is -0.732. The number of hydrogen-bond acceptors (Lipinski definition) is 8. The summed E-state index contributed by atoms with van der Waals surface area (Å²) >= 11 is 1.61. The summed E-state index contributed by atoms with van der Waals surface area (Å²) in [5.41, 5.74) is 4.25. The van der Waals surface area contributed by atoms with Gasteiger partial charge in [-0.2, -0.15) is 11.8 Å². The van der Waals surface area contributed by atoms with Crippen LogP contribution in [0.5, 0.6) is 0 Å². The van der Waals surface area contributed by atoms with Crippen LogP contribution in [0.4, 0.5) is 5.82 Å². The molecule has 0 spiro atoms. The highest BCUT2D eigenvalue weighted by atomic mass is 32.2. The molecule has 2 heterocycles. The van der Waals surface area contributed by atoms with Crippen LogP contribution in [0.15, 0.2) is 9.59 Å². The fourth-order valence-corrected chi connectivity index (χ4v) is 3.77. The summed E-state index contributed by atoms with van der Waals surface area (Å²) in [7, 11) is 2.69. The van der Waals surface area contributed by atoms with Gasteiger partial charge in [0, 0.05) is 32.1 Å². The monoisotopic (exact) mass is 370 g/mol. The third-order valence-corrected chi connectivity index (χ3v) is 5.16. The summed E-state index contributed by atoms with van der Waals surface area (Å²) in [4.78, 5) is 50.6. The second-order valence-electron chi connectivity index (χ2n) is 5.70. The fraction of sp³-hybridized carbons (Fsp3) is 0.600. The van der Waals surface area contributed by atoms with Crippen molar-refractivity contribution in [1.29, 1.82) is 0 Å². The number of ketones is 1. The van der Waals surface area contributed by atoms with Crippen LogP contribution in [-0.4, -0.2) is 63.0 Å². The molecule has 1 fully saturated rings. The fourth-order valence-electron chi connectivity index (χ4n) is 2.67. The van der Waals surface area contributed by atoms with Crippen LogP contribution in [0.2, 0.25) is 0 Å². The van der Waals surface area contributed by atoms with Gasteiger partial charge in [-0.3, -0.25) is 28.4 Å². The van der Waals surface area contributed by atoms with Gasteiger partial charge >= 0.3 is 11.7 Å². The van der Waals surface area contributed by atoms with E-state index in [9.17, 15) is 19.2 Å². The number of rotatable bonds is 5. The Balaban J connectivity index is 2.31. The maximum Gasteiger partial charge on any atom is 0.332 e. The van der Waals surface area contributed by atoms with Crippen molar-refractivity contribution in [3.8, 4) is 0 Å². The average Bonchev–Trinajstić information content (AvgIpc) is 2.59. The van der Waals surface area contributed by atoms with Crippen LogP contribution < -0.4 is 17.0 Å². The largest absolute Gasteiger partial charge is 0.465 e. The molecule has 2 N–H and O–H groups in total. The topological polar surface area (TPSA) is 117 Å². The minimum absolute atomic E-state index is 0.137. The van der Waals surface area contributed by atoms with Gasteiger partial charge in [0.05, 0.1) is 13.2 Å². The normalized spacial score (nSPS) is 18.1. The summed E-state index contributed by atoms with van der Waals surface area (Å²) in [5.74, 6) is 0.215. The van der Waals surface area contributed by atoms with Crippen LogP contribution in [-0.2, 0) is 23.6 Å². The number of ether oxygens (including phenoxy) is 1. The zero-order valence-electron chi connectivity index (χ0n) is 14.5. The van der Waals surface area contributed by atoms with E-state index in [0.717, 1.165) is 14.9 Å². The lowest BCUT2D eigenvalue weighted by Crippen LogP contribution is -2.51. The summed E-state index contributed by atoms with van der Waals surface area (Å²) in [6.45, 7) is 2.36. The van der Waals surface area contributed by atoms with Crippen molar-refractivity contribution in [3.63, 3.8) is 0 Å². The number of hydrogen-bond donors (Lipinski definition) is 1. The Kier molecular flexibility index (Phi) is 6.07.